The average Bonchev–Trinajstić information content (AvgIpc) is 2.48. The molecule has 4 nitrogen and oxygen atoms in total. The van der Waals surface area contributed by atoms with Crippen LogP contribution in [0.15, 0.2) is 18.2 Å². The monoisotopic (exact) mass is 256 g/mol. The standard InChI is InChI=1S/C15H20N4/c16-10-12-4-5-14-15(9-12)19(8-7-18-14)11-13-3-1-2-6-17-13/h4-5,9,13,17-18H,1-3,6-8,11H2. The van der Waals surface area contributed by atoms with E-state index in [0.29, 0.717) is 6.04 Å². The fourth-order valence-electron chi connectivity index (χ4n) is 2.99. The number of benzene rings is 1. The predicted octanol–water partition coefficient (Wildman–Crippen LogP) is 1.93. The molecule has 4 heteroatoms. The molecular formula is C15H20N4. The molecule has 2 aliphatic rings. The van der Waals surface area contributed by atoms with Crippen LogP contribution in [0.2, 0.25) is 0 Å². The Labute approximate surface area is 114 Å². The number of nitrogens with one attached hydrogen (secondary N) is 2. The van der Waals surface area contributed by atoms with Gasteiger partial charge in [-0.05, 0) is 37.6 Å². The van der Waals surface area contributed by atoms with Gasteiger partial charge in [0.05, 0.1) is 23.0 Å². The van der Waals surface area contributed by atoms with Crippen molar-refractivity contribution in [3.05, 3.63) is 23.8 Å². The van der Waals surface area contributed by atoms with E-state index >= 15 is 0 Å². The molecule has 0 amide bonds. The lowest BCUT2D eigenvalue weighted by Gasteiger charge is -2.36. The lowest BCUT2D eigenvalue weighted by molar-refractivity contribution is 0.399. The molecule has 19 heavy (non-hydrogen) atoms. The van der Waals surface area contributed by atoms with Crippen molar-refractivity contribution in [2.75, 3.05) is 36.4 Å². The van der Waals surface area contributed by atoms with Crippen LogP contribution in [-0.2, 0) is 0 Å². The van der Waals surface area contributed by atoms with Crippen LogP contribution >= 0.6 is 0 Å². The lowest BCUT2D eigenvalue weighted by Crippen LogP contribution is -2.46. The Kier molecular flexibility index (Phi) is 3.56. The van der Waals surface area contributed by atoms with Crippen LogP contribution < -0.4 is 15.5 Å². The van der Waals surface area contributed by atoms with Crippen molar-refractivity contribution < 1.29 is 0 Å². The zero-order valence-corrected chi connectivity index (χ0v) is 11.2. The fourth-order valence-corrected chi connectivity index (χ4v) is 2.99. The Morgan fingerprint density at radius 3 is 3.05 bits per heavy atom. The van der Waals surface area contributed by atoms with Crippen molar-refractivity contribution in [3.8, 4) is 6.07 Å². The molecule has 1 unspecified atom stereocenters. The summed E-state index contributed by atoms with van der Waals surface area (Å²) in [6.45, 7) is 4.18. The van der Waals surface area contributed by atoms with Crippen molar-refractivity contribution in [1.82, 2.24) is 5.32 Å². The Bertz CT molecular complexity index is 485. The van der Waals surface area contributed by atoms with E-state index in [0.717, 1.165) is 37.4 Å². The number of hydrogen-bond acceptors (Lipinski definition) is 4. The van der Waals surface area contributed by atoms with Crippen molar-refractivity contribution in [3.63, 3.8) is 0 Å². The van der Waals surface area contributed by atoms with E-state index < -0.39 is 0 Å². The van der Waals surface area contributed by atoms with E-state index in [2.05, 4.69) is 21.6 Å². The van der Waals surface area contributed by atoms with Gasteiger partial charge in [-0.2, -0.15) is 5.26 Å². The molecule has 100 valence electrons. The number of hydrogen-bond donors (Lipinski definition) is 2. The van der Waals surface area contributed by atoms with Crippen molar-refractivity contribution >= 4 is 11.4 Å². The molecule has 3 rings (SSSR count). The predicted molar refractivity (Wildman–Crippen MR) is 77.5 cm³/mol. The van der Waals surface area contributed by atoms with E-state index in [1.54, 1.807) is 0 Å². The van der Waals surface area contributed by atoms with E-state index in [1.165, 1.54) is 24.9 Å². The number of rotatable bonds is 2. The summed E-state index contributed by atoms with van der Waals surface area (Å²) in [6.07, 6.45) is 3.89. The molecule has 0 saturated carbocycles. The lowest BCUT2D eigenvalue weighted by atomic mass is 10.0. The molecule has 0 aliphatic carbocycles. The second kappa shape index (κ2) is 5.50. The molecule has 1 aromatic carbocycles. The Morgan fingerprint density at radius 2 is 2.26 bits per heavy atom. The first-order chi connectivity index (χ1) is 9.36. The van der Waals surface area contributed by atoms with E-state index in [1.807, 2.05) is 18.2 Å². The highest BCUT2D eigenvalue weighted by atomic mass is 15.2. The third-order valence-electron chi connectivity index (χ3n) is 4.02. The molecule has 0 radical (unpaired) electrons. The van der Waals surface area contributed by atoms with E-state index in [4.69, 9.17) is 5.26 Å². The molecule has 0 aromatic heterocycles. The SMILES string of the molecule is N#Cc1ccc2c(c1)N(CC1CCCCN1)CCN2. The van der Waals surface area contributed by atoms with Gasteiger partial charge in [-0.25, -0.2) is 0 Å². The fraction of sp³-hybridized carbons (Fsp3) is 0.533. The molecule has 1 saturated heterocycles. The van der Waals surface area contributed by atoms with E-state index in [9.17, 15) is 0 Å². The number of nitrogens with zero attached hydrogens (tertiary/aromatic N) is 2. The van der Waals surface area contributed by atoms with Gasteiger partial charge >= 0.3 is 0 Å². The zero-order valence-electron chi connectivity index (χ0n) is 11.2. The molecule has 1 aromatic rings. The van der Waals surface area contributed by atoms with Crippen molar-refractivity contribution in [1.29, 1.82) is 5.26 Å². The van der Waals surface area contributed by atoms with E-state index in [-0.39, 0.29) is 0 Å². The highest BCUT2D eigenvalue weighted by Gasteiger charge is 2.21. The van der Waals surface area contributed by atoms with Crippen LogP contribution in [0.5, 0.6) is 0 Å². The second-order valence-corrected chi connectivity index (χ2v) is 5.36. The Balaban J connectivity index is 1.78. The topological polar surface area (TPSA) is 51.1 Å². The van der Waals surface area contributed by atoms with Gasteiger partial charge in [0.15, 0.2) is 0 Å². The van der Waals surface area contributed by atoms with Crippen molar-refractivity contribution in [2.45, 2.75) is 25.3 Å². The first-order valence-electron chi connectivity index (χ1n) is 7.13. The zero-order chi connectivity index (χ0) is 13.1. The largest absolute Gasteiger partial charge is 0.382 e. The summed E-state index contributed by atoms with van der Waals surface area (Å²) in [6, 6.07) is 8.73. The molecule has 2 aliphatic heterocycles. The minimum Gasteiger partial charge on any atom is -0.382 e. The highest BCUT2D eigenvalue weighted by molar-refractivity contribution is 5.73. The smallest absolute Gasteiger partial charge is 0.0992 e. The summed E-state index contributed by atoms with van der Waals surface area (Å²) in [5.41, 5.74) is 3.07. The van der Waals surface area contributed by atoms with Crippen LogP contribution in [-0.4, -0.2) is 32.2 Å². The minimum absolute atomic E-state index is 0.588. The summed E-state index contributed by atoms with van der Waals surface area (Å²) in [5.74, 6) is 0. The Hall–Kier alpha value is -1.73. The minimum atomic E-state index is 0.588. The third-order valence-corrected chi connectivity index (χ3v) is 4.02. The molecule has 0 bridgehead atoms. The van der Waals surface area contributed by atoms with Crippen LogP contribution in [0.25, 0.3) is 0 Å². The van der Waals surface area contributed by atoms with Gasteiger partial charge < -0.3 is 15.5 Å². The number of nitriles is 1. The van der Waals surface area contributed by atoms with Crippen LogP contribution in [0, 0.1) is 11.3 Å². The number of anilines is 2. The number of piperidine rings is 1. The molecule has 2 N–H and O–H groups in total. The van der Waals surface area contributed by atoms with Gasteiger partial charge in [0, 0.05) is 25.7 Å². The molecule has 1 fully saturated rings. The summed E-state index contributed by atoms with van der Waals surface area (Å²) >= 11 is 0. The first kappa shape index (κ1) is 12.3. The number of fused-ring (bicyclic) bond motifs is 1. The van der Waals surface area contributed by atoms with Crippen LogP contribution in [0.3, 0.4) is 0 Å². The van der Waals surface area contributed by atoms with Gasteiger partial charge in [0.25, 0.3) is 0 Å². The second-order valence-electron chi connectivity index (χ2n) is 5.36. The first-order valence-corrected chi connectivity index (χ1v) is 7.13. The normalized spacial score (nSPS) is 22.3. The van der Waals surface area contributed by atoms with Crippen LogP contribution in [0.4, 0.5) is 11.4 Å². The summed E-state index contributed by atoms with van der Waals surface area (Å²) in [4.78, 5) is 2.41. The van der Waals surface area contributed by atoms with Crippen LogP contribution in [0.1, 0.15) is 24.8 Å². The molecule has 1 atom stereocenters. The summed E-state index contributed by atoms with van der Waals surface area (Å²) in [7, 11) is 0. The maximum absolute atomic E-state index is 9.05. The Morgan fingerprint density at radius 1 is 1.32 bits per heavy atom. The summed E-state index contributed by atoms with van der Waals surface area (Å²) < 4.78 is 0. The average molecular weight is 256 g/mol. The highest BCUT2D eigenvalue weighted by Crippen LogP contribution is 2.30. The third kappa shape index (κ3) is 2.66. The van der Waals surface area contributed by atoms with Gasteiger partial charge in [-0.3, -0.25) is 0 Å². The van der Waals surface area contributed by atoms with Gasteiger partial charge in [0.1, 0.15) is 0 Å². The quantitative estimate of drug-likeness (QED) is 0.849. The molecule has 2 heterocycles. The summed E-state index contributed by atoms with van der Waals surface area (Å²) in [5, 5.41) is 16.1. The maximum atomic E-state index is 9.05. The van der Waals surface area contributed by atoms with Gasteiger partial charge in [-0.15, -0.1) is 0 Å². The van der Waals surface area contributed by atoms with Crippen molar-refractivity contribution in [2.24, 2.45) is 0 Å². The van der Waals surface area contributed by atoms with Gasteiger partial charge in [-0.1, -0.05) is 6.42 Å². The molecular weight excluding hydrogens is 236 g/mol. The molecule has 0 spiro atoms. The van der Waals surface area contributed by atoms with Gasteiger partial charge in [0.2, 0.25) is 0 Å². The maximum Gasteiger partial charge on any atom is 0.0992 e.